The molecule has 3 atom stereocenters. The lowest BCUT2D eigenvalue weighted by Gasteiger charge is -2.27. The maximum atomic E-state index is 12.4. The predicted molar refractivity (Wildman–Crippen MR) is 105 cm³/mol. The Morgan fingerprint density at radius 1 is 1.30 bits per heavy atom. The zero-order valence-electron chi connectivity index (χ0n) is 16.2. The van der Waals surface area contributed by atoms with E-state index in [1.54, 1.807) is 6.07 Å². The highest BCUT2D eigenvalue weighted by Gasteiger charge is 2.34. The Morgan fingerprint density at radius 3 is 2.78 bits per heavy atom. The topological polar surface area (TPSA) is 58.4 Å². The molecule has 1 amide bonds. The molecule has 1 N–H and O–H groups in total. The van der Waals surface area contributed by atoms with Gasteiger partial charge in [-0.3, -0.25) is 9.69 Å². The Bertz CT molecular complexity index is 769. The average molecular weight is 367 g/mol. The first-order valence-corrected chi connectivity index (χ1v) is 10.2. The third-order valence-corrected chi connectivity index (χ3v) is 6.07. The third kappa shape index (κ3) is 4.08. The first-order valence-electron chi connectivity index (χ1n) is 10.2. The van der Waals surface area contributed by atoms with Gasteiger partial charge >= 0.3 is 0 Å². The van der Waals surface area contributed by atoms with Crippen LogP contribution in [0.15, 0.2) is 40.9 Å². The number of carbonyl (C=O) groups excluding carboxylic acids is 1. The van der Waals surface area contributed by atoms with Gasteiger partial charge in [0.15, 0.2) is 5.69 Å². The molecule has 5 heteroatoms. The first-order chi connectivity index (χ1) is 13.2. The van der Waals surface area contributed by atoms with Gasteiger partial charge in [0, 0.05) is 37.7 Å². The lowest BCUT2D eigenvalue weighted by Crippen LogP contribution is -2.33. The van der Waals surface area contributed by atoms with Crippen molar-refractivity contribution in [2.75, 3.05) is 19.6 Å². The highest BCUT2D eigenvalue weighted by molar-refractivity contribution is 5.92. The normalized spacial score (nSPS) is 24.1. The summed E-state index contributed by atoms with van der Waals surface area (Å²) in [5, 5.41) is 7.01. The van der Waals surface area contributed by atoms with Crippen LogP contribution in [0.5, 0.6) is 0 Å². The van der Waals surface area contributed by atoms with Gasteiger partial charge in [-0.25, -0.2) is 0 Å². The molecule has 1 saturated carbocycles. The number of rotatable bonds is 7. The minimum absolute atomic E-state index is 0.119. The van der Waals surface area contributed by atoms with Crippen molar-refractivity contribution in [1.29, 1.82) is 0 Å². The number of benzene rings is 1. The molecule has 5 nitrogen and oxygen atoms in total. The Morgan fingerprint density at radius 2 is 2.07 bits per heavy atom. The highest BCUT2D eigenvalue weighted by atomic mass is 16.5. The summed E-state index contributed by atoms with van der Waals surface area (Å²) < 4.78 is 5.30. The quantitative estimate of drug-likeness (QED) is 0.803. The molecule has 27 heavy (non-hydrogen) atoms. The van der Waals surface area contributed by atoms with Gasteiger partial charge in [0.2, 0.25) is 0 Å². The molecule has 0 bridgehead atoms. The number of nitrogens with one attached hydrogen (secondary N) is 1. The van der Waals surface area contributed by atoms with Crippen molar-refractivity contribution >= 4 is 5.91 Å². The molecule has 1 aliphatic carbocycles. The van der Waals surface area contributed by atoms with E-state index in [-0.39, 0.29) is 5.91 Å². The number of nitrogens with zero attached hydrogens (tertiary/aromatic N) is 2. The van der Waals surface area contributed by atoms with E-state index < -0.39 is 0 Å². The Hall–Kier alpha value is -2.14. The van der Waals surface area contributed by atoms with Crippen molar-refractivity contribution in [3.8, 4) is 0 Å². The summed E-state index contributed by atoms with van der Waals surface area (Å²) in [5.74, 6) is 2.23. The summed E-state index contributed by atoms with van der Waals surface area (Å²) >= 11 is 0. The molecule has 2 aliphatic rings. The fraction of sp³-hybridized carbons (Fsp3) is 0.545. The van der Waals surface area contributed by atoms with E-state index in [9.17, 15) is 4.79 Å². The van der Waals surface area contributed by atoms with Crippen LogP contribution in [-0.4, -0.2) is 35.6 Å². The van der Waals surface area contributed by atoms with E-state index in [1.165, 1.54) is 5.56 Å². The summed E-state index contributed by atoms with van der Waals surface area (Å²) in [6.07, 6.45) is 3.38. The van der Waals surface area contributed by atoms with E-state index in [1.807, 2.05) is 0 Å². The second kappa shape index (κ2) is 7.85. The van der Waals surface area contributed by atoms with Crippen molar-refractivity contribution in [3.63, 3.8) is 0 Å². The van der Waals surface area contributed by atoms with Crippen LogP contribution in [0.3, 0.4) is 0 Å². The van der Waals surface area contributed by atoms with Crippen molar-refractivity contribution in [3.05, 3.63) is 53.4 Å². The molecule has 1 aliphatic heterocycles. The summed E-state index contributed by atoms with van der Waals surface area (Å²) in [6, 6.07) is 13.0. The monoisotopic (exact) mass is 367 g/mol. The summed E-state index contributed by atoms with van der Waals surface area (Å²) in [6.45, 7) is 7.31. The number of hydrogen-bond acceptors (Lipinski definition) is 4. The van der Waals surface area contributed by atoms with E-state index in [0.29, 0.717) is 36.0 Å². The molecular formula is C22H29N3O2. The van der Waals surface area contributed by atoms with Gasteiger partial charge in [0.05, 0.1) is 0 Å². The van der Waals surface area contributed by atoms with Crippen molar-refractivity contribution < 1.29 is 9.32 Å². The molecule has 0 spiro atoms. The molecule has 2 unspecified atom stereocenters. The molecule has 2 fully saturated rings. The Balaban J connectivity index is 1.33. The van der Waals surface area contributed by atoms with Crippen LogP contribution in [-0.2, 0) is 0 Å². The highest BCUT2D eigenvalue weighted by Crippen LogP contribution is 2.40. The zero-order chi connectivity index (χ0) is 18.8. The lowest BCUT2D eigenvalue weighted by atomic mass is 9.98. The smallest absolute Gasteiger partial charge is 0.273 e. The van der Waals surface area contributed by atoms with Gasteiger partial charge in [-0.2, -0.15) is 0 Å². The van der Waals surface area contributed by atoms with E-state index in [4.69, 9.17) is 4.52 Å². The molecule has 0 radical (unpaired) electrons. The number of carbonyl (C=O) groups is 1. The zero-order valence-corrected chi connectivity index (χ0v) is 16.2. The summed E-state index contributed by atoms with van der Waals surface area (Å²) in [4.78, 5) is 15.0. The first kappa shape index (κ1) is 18.2. The van der Waals surface area contributed by atoms with E-state index in [0.717, 1.165) is 38.1 Å². The molecule has 1 aromatic heterocycles. The number of likely N-dealkylation sites (tertiary alicyclic amines) is 1. The van der Waals surface area contributed by atoms with Gasteiger partial charge in [-0.05, 0) is 36.7 Å². The summed E-state index contributed by atoms with van der Waals surface area (Å²) in [7, 11) is 0. The van der Waals surface area contributed by atoms with Crippen molar-refractivity contribution in [2.45, 2.75) is 45.1 Å². The SMILES string of the molecule is CCC(c1ccccc1)N1CC(CNC(=O)c2cc(C3CC3)on2)[C@@H](C)C1. The molecular weight excluding hydrogens is 338 g/mol. The van der Waals surface area contributed by atoms with Crippen molar-refractivity contribution in [1.82, 2.24) is 15.4 Å². The fourth-order valence-corrected chi connectivity index (χ4v) is 4.25. The molecule has 4 rings (SSSR count). The van der Waals surface area contributed by atoms with Crippen molar-refractivity contribution in [2.24, 2.45) is 11.8 Å². The lowest BCUT2D eigenvalue weighted by molar-refractivity contribution is 0.0935. The predicted octanol–water partition coefficient (Wildman–Crippen LogP) is 4.00. The maximum absolute atomic E-state index is 12.4. The molecule has 144 valence electrons. The van der Waals surface area contributed by atoms with E-state index >= 15 is 0 Å². The van der Waals surface area contributed by atoms with Crippen LogP contribution < -0.4 is 5.32 Å². The van der Waals surface area contributed by atoms with Gasteiger partial charge in [-0.15, -0.1) is 0 Å². The Labute approximate surface area is 161 Å². The second-order valence-electron chi connectivity index (χ2n) is 8.12. The van der Waals surface area contributed by atoms with Gasteiger partial charge in [0.25, 0.3) is 5.91 Å². The van der Waals surface area contributed by atoms with Crippen LogP contribution in [0.2, 0.25) is 0 Å². The number of aromatic nitrogens is 1. The number of amides is 1. The van der Waals surface area contributed by atoms with Crippen LogP contribution in [0.4, 0.5) is 0 Å². The molecule has 2 aromatic rings. The largest absolute Gasteiger partial charge is 0.360 e. The Kier molecular flexibility index (Phi) is 5.30. The van der Waals surface area contributed by atoms with Crippen LogP contribution in [0.25, 0.3) is 0 Å². The average Bonchev–Trinajstić information content (AvgIpc) is 3.30. The molecule has 1 aromatic carbocycles. The minimum Gasteiger partial charge on any atom is -0.360 e. The minimum atomic E-state index is -0.119. The van der Waals surface area contributed by atoms with Gasteiger partial charge < -0.3 is 9.84 Å². The fourth-order valence-electron chi connectivity index (χ4n) is 4.25. The standard InChI is InChI=1S/C22H29N3O2/c1-3-20(16-7-5-4-6-8-16)25-13-15(2)18(14-25)12-23-22(26)19-11-21(27-24-19)17-9-10-17/h4-8,11,15,17-18,20H,3,9-10,12-14H2,1-2H3,(H,23,26)/t15-,18?,20?/m0/s1. The molecule has 1 saturated heterocycles. The van der Waals surface area contributed by atoms with Gasteiger partial charge in [0.1, 0.15) is 5.76 Å². The third-order valence-electron chi connectivity index (χ3n) is 6.07. The maximum Gasteiger partial charge on any atom is 0.273 e. The second-order valence-corrected chi connectivity index (χ2v) is 8.12. The number of hydrogen-bond donors (Lipinski definition) is 1. The van der Waals surface area contributed by atoms with E-state index in [2.05, 4.69) is 59.6 Å². The van der Waals surface area contributed by atoms with Gasteiger partial charge in [-0.1, -0.05) is 49.3 Å². The van der Waals surface area contributed by atoms with Crippen LogP contribution in [0, 0.1) is 11.8 Å². The van der Waals surface area contributed by atoms with Crippen LogP contribution in [0.1, 0.15) is 66.9 Å². The van der Waals surface area contributed by atoms with Crippen LogP contribution >= 0.6 is 0 Å². The summed E-state index contributed by atoms with van der Waals surface area (Å²) in [5.41, 5.74) is 1.79. The molecule has 2 heterocycles.